The van der Waals surface area contributed by atoms with Crippen molar-refractivity contribution in [2.75, 3.05) is 5.32 Å². The van der Waals surface area contributed by atoms with Gasteiger partial charge in [-0.25, -0.2) is 0 Å². The number of carbonyl (C=O) groups excluding carboxylic acids is 1. The van der Waals surface area contributed by atoms with Gasteiger partial charge in [0.2, 0.25) is 0 Å². The zero-order valence-corrected chi connectivity index (χ0v) is 11.6. The Kier molecular flexibility index (Phi) is 2.60. The lowest BCUT2D eigenvalue weighted by Gasteiger charge is -1.98. The molecule has 0 aliphatic carbocycles. The number of hydrogen-bond acceptors (Lipinski definition) is 2. The summed E-state index contributed by atoms with van der Waals surface area (Å²) in [5, 5.41) is 12.8. The monoisotopic (exact) mass is 285 g/mol. The number of carbonyl (C=O) groups is 1. The van der Waals surface area contributed by atoms with E-state index in [-0.39, 0.29) is 5.91 Å². The number of aromatic amines is 1. The van der Waals surface area contributed by atoms with Crippen LogP contribution < -0.4 is 5.32 Å². The Morgan fingerprint density at radius 1 is 1.14 bits per heavy atom. The molecule has 0 saturated heterocycles. The van der Waals surface area contributed by atoms with E-state index < -0.39 is 0 Å². The molecule has 1 amide bonds. The van der Waals surface area contributed by atoms with Crippen molar-refractivity contribution >= 4 is 34.1 Å². The highest BCUT2D eigenvalue weighted by atomic mass is 16.2. The SMILES string of the molecule is N#Cc1ccc2[nH]cc(C=C3C(=O)Nc4ccccc43)c2c1. The molecule has 0 bridgehead atoms. The number of amides is 1. The Morgan fingerprint density at radius 2 is 2.00 bits per heavy atom. The van der Waals surface area contributed by atoms with Gasteiger partial charge in [0.25, 0.3) is 5.91 Å². The molecule has 0 fully saturated rings. The van der Waals surface area contributed by atoms with Crippen molar-refractivity contribution in [1.29, 1.82) is 5.26 Å². The zero-order chi connectivity index (χ0) is 15.1. The van der Waals surface area contributed by atoms with Crippen LogP contribution in [0, 0.1) is 11.3 Å². The first-order valence-corrected chi connectivity index (χ1v) is 6.90. The van der Waals surface area contributed by atoms with Crippen molar-refractivity contribution in [3.05, 3.63) is 65.4 Å². The van der Waals surface area contributed by atoms with E-state index in [4.69, 9.17) is 5.26 Å². The van der Waals surface area contributed by atoms with Gasteiger partial charge < -0.3 is 10.3 Å². The van der Waals surface area contributed by atoms with Crippen molar-refractivity contribution in [3.8, 4) is 6.07 Å². The summed E-state index contributed by atoms with van der Waals surface area (Å²) in [6.45, 7) is 0. The van der Waals surface area contributed by atoms with Gasteiger partial charge in [0.05, 0.1) is 11.6 Å². The van der Waals surface area contributed by atoms with Gasteiger partial charge in [0, 0.05) is 39.5 Å². The van der Waals surface area contributed by atoms with Crippen LogP contribution in [-0.4, -0.2) is 10.9 Å². The number of fused-ring (bicyclic) bond motifs is 2. The highest BCUT2D eigenvalue weighted by molar-refractivity contribution is 6.35. The second-order valence-electron chi connectivity index (χ2n) is 5.17. The minimum absolute atomic E-state index is 0.105. The predicted octanol–water partition coefficient (Wildman–Crippen LogP) is 3.53. The fourth-order valence-electron chi connectivity index (χ4n) is 2.77. The van der Waals surface area contributed by atoms with E-state index in [2.05, 4.69) is 16.4 Å². The normalized spacial score (nSPS) is 14.9. The van der Waals surface area contributed by atoms with Crippen LogP contribution in [0.5, 0.6) is 0 Å². The zero-order valence-electron chi connectivity index (χ0n) is 11.6. The lowest BCUT2D eigenvalue weighted by Crippen LogP contribution is -2.03. The highest BCUT2D eigenvalue weighted by Gasteiger charge is 2.23. The second-order valence-corrected chi connectivity index (χ2v) is 5.17. The number of anilines is 1. The smallest absolute Gasteiger partial charge is 0.256 e. The molecular weight excluding hydrogens is 274 g/mol. The van der Waals surface area contributed by atoms with E-state index >= 15 is 0 Å². The Morgan fingerprint density at radius 3 is 2.86 bits per heavy atom. The number of nitrogens with one attached hydrogen (secondary N) is 2. The van der Waals surface area contributed by atoms with E-state index in [1.54, 1.807) is 6.07 Å². The van der Waals surface area contributed by atoms with Gasteiger partial charge in [-0.05, 0) is 30.3 Å². The second kappa shape index (κ2) is 4.61. The summed E-state index contributed by atoms with van der Waals surface area (Å²) in [5.74, 6) is -0.105. The lowest BCUT2D eigenvalue weighted by atomic mass is 10.0. The lowest BCUT2D eigenvalue weighted by molar-refractivity contribution is -0.110. The van der Waals surface area contributed by atoms with Crippen molar-refractivity contribution in [3.63, 3.8) is 0 Å². The molecule has 4 heteroatoms. The predicted molar refractivity (Wildman–Crippen MR) is 86.0 cm³/mol. The Hall–Kier alpha value is -3.32. The van der Waals surface area contributed by atoms with E-state index in [9.17, 15) is 4.79 Å². The standard InChI is InChI=1S/C18H11N3O/c19-9-11-5-6-16-14(7-11)12(10-20-16)8-15-13-3-1-2-4-17(13)21-18(15)22/h1-8,10,20H,(H,21,22). The Labute approximate surface area is 126 Å². The number of nitrogens with zero attached hydrogens (tertiary/aromatic N) is 1. The Bertz CT molecular complexity index is 989. The van der Waals surface area contributed by atoms with Crippen molar-refractivity contribution < 1.29 is 4.79 Å². The van der Waals surface area contributed by atoms with Gasteiger partial charge in [0.1, 0.15) is 0 Å². The van der Waals surface area contributed by atoms with E-state index in [0.717, 1.165) is 27.7 Å². The molecule has 104 valence electrons. The average Bonchev–Trinajstić information content (AvgIpc) is 3.09. The molecule has 2 N–H and O–H groups in total. The molecule has 1 aliphatic heterocycles. The van der Waals surface area contributed by atoms with Crippen LogP contribution in [-0.2, 0) is 4.79 Å². The summed E-state index contributed by atoms with van der Waals surface area (Å²) < 4.78 is 0. The van der Waals surface area contributed by atoms with Crippen molar-refractivity contribution in [2.45, 2.75) is 0 Å². The fraction of sp³-hybridized carbons (Fsp3) is 0. The molecular formula is C18H11N3O. The average molecular weight is 285 g/mol. The summed E-state index contributed by atoms with van der Waals surface area (Å²) >= 11 is 0. The first-order valence-electron chi connectivity index (χ1n) is 6.90. The number of rotatable bonds is 1. The molecule has 2 aromatic carbocycles. The van der Waals surface area contributed by atoms with Gasteiger partial charge >= 0.3 is 0 Å². The molecule has 0 saturated carbocycles. The third-order valence-corrected chi connectivity index (χ3v) is 3.85. The maximum atomic E-state index is 12.2. The molecule has 3 aromatic rings. The number of hydrogen-bond donors (Lipinski definition) is 2. The van der Waals surface area contributed by atoms with Crippen LogP contribution in [0.1, 0.15) is 16.7 Å². The summed E-state index contributed by atoms with van der Waals surface area (Å²) in [4.78, 5) is 15.3. The highest BCUT2D eigenvalue weighted by Crippen LogP contribution is 2.34. The topological polar surface area (TPSA) is 68.7 Å². The quantitative estimate of drug-likeness (QED) is 0.671. The number of aromatic nitrogens is 1. The molecule has 0 spiro atoms. The molecule has 1 aliphatic rings. The summed E-state index contributed by atoms with van der Waals surface area (Å²) in [5.41, 5.74) is 4.81. The van der Waals surface area contributed by atoms with Gasteiger partial charge in [0.15, 0.2) is 0 Å². The van der Waals surface area contributed by atoms with E-state index in [0.29, 0.717) is 11.1 Å². The number of benzene rings is 2. The fourth-order valence-corrected chi connectivity index (χ4v) is 2.77. The third kappa shape index (κ3) is 1.80. The van der Waals surface area contributed by atoms with Crippen molar-refractivity contribution in [2.24, 2.45) is 0 Å². The van der Waals surface area contributed by atoms with Gasteiger partial charge in [-0.3, -0.25) is 4.79 Å². The number of H-pyrrole nitrogens is 1. The first kappa shape index (κ1) is 12.4. The molecule has 4 nitrogen and oxygen atoms in total. The summed E-state index contributed by atoms with van der Waals surface area (Å²) in [6.07, 6.45) is 3.72. The minimum atomic E-state index is -0.105. The summed E-state index contributed by atoms with van der Waals surface area (Å²) in [7, 11) is 0. The van der Waals surface area contributed by atoms with Crippen molar-refractivity contribution in [1.82, 2.24) is 4.98 Å². The molecule has 0 radical (unpaired) electrons. The largest absolute Gasteiger partial charge is 0.361 e. The maximum Gasteiger partial charge on any atom is 0.256 e. The van der Waals surface area contributed by atoms with E-state index in [1.807, 2.05) is 48.7 Å². The minimum Gasteiger partial charge on any atom is -0.361 e. The maximum absolute atomic E-state index is 12.2. The van der Waals surface area contributed by atoms with Crippen LogP contribution in [0.15, 0.2) is 48.7 Å². The Balaban J connectivity index is 1.90. The molecule has 1 aromatic heterocycles. The van der Waals surface area contributed by atoms with E-state index in [1.165, 1.54) is 0 Å². The van der Waals surface area contributed by atoms with Gasteiger partial charge in [-0.2, -0.15) is 5.26 Å². The molecule has 22 heavy (non-hydrogen) atoms. The number of para-hydroxylation sites is 1. The van der Waals surface area contributed by atoms with Crippen LogP contribution in [0.25, 0.3) is 22.6 Å². The molecule has 0 unspecified atom stereocenters. The van der Waals surface area contributed by atoms with Crippen LogP contribution >= 0.6 is 0 Å². The van der Waals surface area contributed by atoms with Crippen LogP contribution in [0.2, 0.25) is 0 Å². The molecule has 4 rings (SSSR count). The molecule has 2 heterocycles. The van der Waals surface area contributed by atoms with Crippen LogP contribution in [0.3, 0.4) is 0 Å². The first-order chi connectivity index (χ1) is 10.8. The van der Waals surface area contributed by atoms with Gasteiger partial charge in [-0.1, -0.05) is 18.2 Å². The van der Waals surface area contributed by atoms with Crippen LogP contribution in [0.4, 0.5) is 5.69 Å². The number of nitriles is 1. The summed E-state index contributed by atoms with van der Waals surface area (Å²) in [6, 6.07) is 15.2. The third-order valence-electron chi connectivity index (χ3n) is 3.85. The van der Waals surface area contributed by atoms with Gasteiger partial charge in [-0.15, -0.1) is 0 Å². The molecule has 0 atom stereocenters.